The summed E-state index contributed by atoms with van der Waals surface area (Å²) < 4.78 is 5.68. The van der Waals surface area contributed by atoms with Gasteiger partial charge in [-0.05, 0) is 24.3 Å². The van der Waals surface area contributed by atoms with Crippen molar-refractivity contribution in [2.45, 2.75) is 52.7 Å². The quantitative estimate of drug-likeness (QED) is 0.821. The van der Waals surface area contributed by atoms with Crippen LogP contribution in [-0.4, -0.2) is 42.5 Å². The van der Waals surface area contributed by atoms with Gasteiger partial charge in [0.05, 0.1) is 12.6 Å². The zero-order chi connectivity index (χ0) is 17.6. The standard InChI is InChI=1S/C18H28N2O3S/c1-18(2,3)17(22)19-9-8-16(21)20(12-14-6-4-10-23-14)13-15-7-5-11-24-15/h5,7,11,14H,4,6,8-10,12-13H2,1-3H3,(H,19,22). The second kappa shape index (κ2) is 8.62. The van der Waals surface area contributed by atoms with Gasteiger partial charge < -0.3 is 15.0 Å². The molecule has 24 heavy (non-hydrogen) atoms. The summed E-state index contributed by atoms with van der Waals surface area (Å²) in [6.07, 6.45) is 2.53. The molecule has 6 heteroatoms. The Bertz CT molecular complexity index is 531. The van der Waals surface area contributed by atoms with E-state index >= 15 is 0 Å². The Labute approximate surface area is 148 Å². The van der Waals surface area contributed by atoms with Crippen LogP contribution in [0.2, 0.25) is 0 Å². The summed E-state index contributed by atoms with van der Waals surface area (Å²) in [6, 6.07) is 4.04. The van der Waals surface area contributed by atoms with E-state index < -0.39 is 5.41 Å². The highest BCUT2D eigenvalue weighted by Crippen LogP contribution is 2.18. The van der Waals surface area contributed by atoms with Crippen LogP contribution in [0.15, 0.2) is 17.5 Å². The van der Waals surface area contributed by atoms with Crippen LogP contribution in [-0.2, 0) is 20.9 Å². The predicted octanol–water partition coefficient (Wildman–Crippen LogP) is 2.81. The van der Waals surface area contributed by atoms with Gasteiger partial charge in [0, 0.05) is 36.4 Å². The number of carbonyl (C=O) groups excluding carboxylic acids is 2. The Hall–Kier alpha value is -1.40. The lowest BCUT2D eigenvalue weighted by molar-refractivity contribution is -0.133. The highest BCUT2D eigenvalue weighted by atomic mass is 32.1. The van der Waals surface area contributed by atoms with E-state index in [0.717, 1.165) is 19.4 Å². The largest absolute Gasteiger partial charge is 0.376 e. The molecule has 5 nitrogen and oxygen atoms in total. The van der Waals surface area contributed by atoms with Gasteiger partial charge in [-0.1, -0.05) is 26.8 Å². The minimum Gasteiger partial charge on any atom is -0.376 e. The van der Waals surface area contributed by atoms with Gasteiger partial charge in [-0.25, -0.2) is 0 Å². The van der Waals surface area contributed by atoms with E-state index in [2.05, 4.69) is 5.32 Å². The number of amides is 2. The Morgan fingerprint density at radius 2 is 2.21 bits per heavy atom. The minimum absolute atomic E-state index is 0.0285. The Morgan fingerprint density at radius 3 is 2.79 bits per heavy atom. The van der Waals surface area contributed by atoms with E-state index in [0.29, 0.717) is 26.1 Å². The molecule has 1 N–H and O–H groups in total. The van der Waals surface area contributed by atoms with E-state index in [1.54, 1.807) is 11.3 Å². The molecule has 1 saturated heterocycles. The van der Waals surface area contributed by atoms with Crippen molar-refractivity contribution in [1.29, 1.82) is 0 Å². The summed E-state index contributed by atoms with van der Waals surface area (Å²) in [6.45, 7) is 8.00. The fourth-order valence-electron chi connectivity index (χ4n) is 2.59. The van der Waals surface area contributed by atoms with Crippen LogP contribution in [0, 0.1) is 5.41 Å². The van der Waals surface area contributed by atoms with Crippen LogP contribution >= 0.6 is 11.3 Å². The lowest BCUT2D eigenvalue weighted by atomic mass is 9.96. The number of nitrogens with zero attached hydrogens (tertiary/aromatic N) is 1. The third-order valence-corrected chi connectivity index (χ3v) is 4.89. The van der Waals surface area contributed by atoms with Gasteiger partial charge >= 0.3 is 0 Å². The van der Waals surface area contributed by atoms with Crippen molar-refractivity contribution in [3.8, 4) is 0 Å². The molecule has 1 unspecified atom stereocenters. The van der Waals surface area contributed by atoms with Gasteiger partial charge in [-0.2, -0.15) is 0 Å². The van der Waals surface area contributed by atoms with Gasteiger partial charge in [0.1, 0.15) is 0 Å². The second-order valence-electron chi connectivity index (χ2n) is 7.24. The predicted molar refractivity (Wildman–Crippen MR) is 95.8 cm³/mol. The van der Waals surface area contributed by atoms with E-state index in [-0.39, 0.29) is 17.9 Å². The molecule has 1 fully saturated rings. The molecule has 0 aliphatic carbocycles. The number of nitrogens with one attached hydrogen (secondary N) is 1. The molecule has 0 spiro atoms. The normalized spacial score (nSPS) is 17.7. The molecule has 1 aromatic heterocycles. The van der Waals surface area contributed by atoms with Crippen molar-refractivity contribution < 1.29 is 14.3 Å². The average molecular weight is 353 g/mol. The van der Waals surface area contributed by atoms with E-state index in [4.69, 9.17) is 4.74 Å². The molecule has 0 aromatic carbocycles. The highest BCUT2D eigenvalue weighted by molar-refractivity contribution is 7.09. The average Bonchev–Trinajstić information content (AvgIpc) is 3.18. The first-order chi connectivity index (χ1) is 11.4. The van der Waals surface area contributed by atoms with Gasteiger partial charge in [0.25, 0.3) is 0 Å². The third-order valence-electron chi connectivity index (χ3n) is 4.03. The van der Waals surface area contributed by atoms with Gasteiger partial charge in [-0.15, -0.1) is 11.3 Å². The van der Waals surface area contributed by atoms with Crippen molar-refractivity contribution >= 4 is 23.2 Å². The molecule has 0 radical (unpaired) electrons. The minimum atomic E-state index is -0.433. The zero-order valence-corrected chi connectivity index (χ0v) is 15.7. The Balaban J connectivity index is 1.87. The summed E-state index contributed by atoms with van der Waals surface area (Å²) in [5.74, 6) is 0.0346. The maximum absolute atomic E-state index is 12.6. The topological polar surface area (TPSA) is 58.6 Å². The van der Waals surface area contributed by atoms with E-state index in [9.17, 15) is 9.59 Å². The third kappa shape index (κ3) is 5.91. The molecule has 1 aliphatic heterocycles. The summed E-state index contributed by atoms with van der Waals surface area (Å²) in [7, 11) is 0. The molecule has 2 amide bonds. The molecular formula is C18H28N2O3S. The van der Waals surface area contributed by atoms with Crippen molar-refractivity contribution in [3.63, 3.8) is 0 Å². The SMILES string of the molecule is CC(C)(C)C(=O)NCCC(=O)N(Cc1cccs1)CC1CCCO1. The van der Waals surface area contributed by atoms with Crippen molar-refractivity contribution in [2.24, 2.45) is 5.41 Å². The van der Waals surface area contributed by atoms with E-state index in [1.165, 1.54) is 4.88 Å². The fraction of sp³-hybridized carbons (Fsp3) is 0.667. The smallest absolute Gasteiger partial charge is 0.225 e. The first-order valence-corrected chi connectivity index (χ1v) is 9.44. The maximum atomic E-state index is 12.6. The Morgan fingerprint density at radius 1 is 1.42 bits per heavy atom. The van der Waals surface area contributed by atoms with Gasteiger partial charge in [0.2, 0.25) is 11.8 Å². The number of thiophene rings is 1. The first kappa shape index (κ1) is 18.9. The van der Waals surface area contributed by atoms with E-state index in [1.807, 2.05) is 43.2 Å². The molecule has 134 valence electrons. The monoisotopic (exact) mass is 352 g/mol. The summed E-state index contributed by atoms with van der Waals surface area (Å²) in [5, 5.41) is 4.87. The fourth-order valence-corrected chi connectivity index (χ4v) is 3.31. The number of carbonyl (C=O) groups is 2. The lowest BCUT2D eigenvalue weighted by Gasteiger charge is -2.25. The van der Waals surface area contributed by atoms with Crippen LogP contribution in [0.25, 0.3) is 0 Å². The molecule has 2 heterocycles. The van der Waals surface area contributed by atoms with Crippen LogP contribution in [0.3, 0.4) is 0 Å². The van der Waals surface area contributed by atoms with Crippen LogP contribution in [0.4, 0.5) is 0 Å². The van der Waals surface area contributed by atoms with Crippen molar-refractivity contribution in [1.82, 2.24) is 10.2 Å². The highest BCUT2D eigenvalue weighted by Gasteiger charge is 2.24. The number of ether oxygens (including phenoxy) is 1. The molecule has 1 aromatic rings. The van der Waals surface area contributed by atoms with Gasteiger partial charge in [-0.3, -0.25) is 9.59 Å². The molecule has 2 rings (SSSR count). The molecule has 1 aliphatic rings. The lowest BCUT2D eigenvalue weighted by Crippen LogP contribution is -2.40. The maximum Gasteiger partial charge on any atom is 0.225 e. The zero-order valence-electron chi connectivity index (χ0n) is 14.8. The summed E-state index contributed by atoms with van der Waals surface area (Å²) in [5.41, 5.74) is -0.433. The number of hydrogen-bond donors (Lipinski definition) is 1. The van der Waals surface area contributed by atoms with Crippen LogP contribution < -0.4 is 5.32 Å². The Kier molecular flexibility index (Phi) is 6.80. The van der Waals surface area contributed by atoms with Crippen molar-refractivity contribution in [2.75, 3.05) is 19.7 Å². The summed E-state index contributed by atoms with van der Waals surface area (Å²) in [4.78, 5) is 27.5. The van der Waals surface area contributed by atoms with Crippen molar-refractivity contribution in [3.05, 3.63) is 22.4 Å². The first-order valence-electron chi connectivity index (χ1n) is 8.56. The summed E-state index contributed by atoms with van der Waals surface area (Å²) >= 11 is 1.65. The van der Waals surface area contributed by atoms with Crippen LogP contribution in [0.5, 0.6) is 0 Å². The molecule has 0 saturated carbocycles. The van der Waals surface area contributed by atoms with Crippen LogP contribution in [0.1, 0.15) is 44.9 Å². The molecule has 1 atom stereocenters. The second-order valence-corrected chi connectivity index (χ2v) is 8.28. The number of hydrogen-bond acceptors (Lipinski definition) is 4. The molecule has 0 bridgehead atoms. The van der Waals surface area contributed by atoms with Gasteiger partial charge in [0.15, 0.2) is 0 Å². The number of rotatable bonds is 7. The molecular weight excluding hydrogens is 324 g/mol.